The number of nitrogens with zero attached hydrogens (tertiary/aromatic N) is 3. The third-order valence-electron chi connectivity index (χ3n) is 40.5. The lowest BCUT2D eigenvalue weighted by Crippen LogP contribution is -2.83. The van der Waals surface area contributed by atoms with Gasteiger partial charge in [0, 0.05) is 147 Å². The second kappa shape index (κ2) is 42.2. The predicted octanol–water partition coefficient (Wildman–Crippen LogP) is 14.5. The van der Waals surface area contributed by atoms with Crippen molar-refractivity contribution in [1.29, 1.82) is 0 Å². The van der Waals surface area contributed by atoms with Gasteiger partial charge < -0.3 is 120 Å². The second-order valence-corrected chi connectivity index (χ2v) is 49.7. The molecule has 6 spiro atoms. The largest absolute Gasteiger partial charge is 0.514 e. The number of likely N-dealkylation sites (tertiary alicyclic amines) is 3. The molecule has 6 aliphatic heterocycles. The highest BCUT2D eigenvalue weighted by molar-refractivity contribution is 5.77. The number of hydrogen-bond donors (Lipinski definition) is 3. The molecule has 21 aliphatic rings. The van der Waals surface area contributed by atoms with Crippen LogP contribution in [0, 0.1) is 68.0 Å². The van der Waals surface area contributed by atoms with Crippen LogP contribution in [0.4, 0.5) is 9.59 Å². The summed E-state index contributed by atoms with van der Waals surface area (Å²) in [6.45, 7) is 42.3. The summed E-state index contributed by atoms with van der Waals surface area (Å²) in [7, 11) is 8.70. The zero-order valence-corrected chi connectivity index (χ0v) is 90.9. The Morgan fingerprint density at radius 1 is 0.349 bits per heavy atom. The van der Waals surface area contributed by atoms with Crippen molar-refractivity contribution in [3.05, 3.63) is 69.8 Å². The Labute approximate surface area is 865 Å². The Morgan fingerprint density at radius 3 is 0.897 bits per heavy atom. The topological polar surface area (TPSA) is 325 Å². The molecule has 0 amide bonds. The molecule has 12 saturated carbocycles. The van der Waals surface area contributed by atoms with Crippen molar-refractivity contribution < 1.29 is 134 Å². The van der Waals surface area contributed by atoms with Gasteiger partial charge in [0.05, 0.1) is 136 Å². The molecule has 0 aromatic heterocycles. The van der Waals surface area contributed by atoms with Crippen molar-refractivity contribution >= 4 is 18.3 Å². The van der Waals surface area contributed by atoms with Gasteiger partial charge in [0.2, 0.25) is 0 Å². The first-order valence-corrected chi connectivity index (χ1v) is 55.5. The molecule has 31 nitrogen and oxygen atoms in total. The first-order valence-electron chi connectivity index (χ1n) is 55.5. The average molecular weight is 2050 g/mol. The van der Waals surface area contributed by atoms with E-state index in [0.29, 0.717) is 158 Å². The Morgan fingerprint density at radius 2 is 0.623 bits per heavy atom. The normalized spacial score (nSPS) is 34.1. The minimum atomic E-state index is -0.998. The maximum absolute atomic E-state index is 13.1. The van der Waals surface area contributed by atoms with Gasteiger partial charge in [-0.05, 0) is 251 Å². The van der Waals surface area contributed by atoms with Gasteiger partial charge in [-0.2, -0.15) is 0 Å². The van der Waals surface area contributed by atoms with Crippen LogP contribution in [0.2, 0.25) is 0 Å². The number of carbonyl (C=O) groups excluding carboxylic acids is 3. The summed E-state index contributed by atoms with van der Waals surface area (Å²) in [6.07, 6.45) is 19.6. The first-order chi connectivity index (χ1) is 69.8. The number of carbonyl (C=O) groups is 3. The summed E-state index contributed by atoms with van der Waals surface area (Å²) in [5.74, 6) is 4.82. The van der Waals surface area contributed by atoms with Crippen molar-refractivity contribution in [2.75, 3.05) is 220 Å². The van der Waals surface area contributed by atoms with Crippen molar-refractivity contribution in [3.8, 4) is 34.5 Å². The van der Waals surface area contributed by atoms with Crippen LogP contribution in [0.5, 0.6) is 34.5 Å². The molecule has 146 heavy (non-hydrogen) atoms. The molecule has 3 aromatic rings. The van der Waals surface area contributed by atoms with Crippen molar-refractivity contribution in [2.45, 2.75) is 311 Å². The zero-order chi connectivity index (χ0) is 103. The van der Waals surface area contributed by atoms with Crippen LogP contribution in [0.25, 0.3) is 0 Å². The van der Waals surface area contributed by atoms with E-state index in [1.165, 1.54) is 71.9 Å². The number of methoxy groups -OCH3 is 5. The summed E-state index contributed by atoms with van der Waals surface area (Å²) in [4.78, 5) is 47.5. The van der Waals surface area contributed by atoms with E-state index in [1.54, 1.807) is 28.4 Å². The van der Waals surface area contributed by atoms with Gasteiger partial charge in [0.1, 0.15) is 54.9 Å². The molecule has 0 radical (unpaired) electrons. The summed E-state index contributed by atoms with van der Waals surface area (Å²) < 4.78 is 129. The fraction of sp³-hybridized carbons (Fsp3) is 0.817. The van der Waals surface area contributed by atoms with E-state index in [-0.39, 0.29) is 124 Å². The van der Waals surface area contributed by atoms with Gasteiger partial charge in [0.25, 0.3) is 0 Å². The summed E-state index contributed by atoms with van der Waals surface area (Å²) >= 11 is 0. The Hall–Kier alpha value is -5.73. The standard InChI is InChI=1S/C39H59NO10.2C38H57NO9/c1-35(2,3)36(4,42)29-24-37-11-12-39(29,44-6)33-38(37)13-14-40(25-26-7-8-26)30(37)23-27-9-10-28(32(50-33)31(27)38)49-34(41)48-22-21-47-20-19-46-18-17-45-16-15-43-5;1-34(2,3)35(4,41)28-22-36-11-12-38(28,43-6)33-37(36)13-14-39(23-25-7-8-25)29(36)21-26-9-10-27(32(48-33)31(26)37)47-30(40)24-46-20-19-45-18-17-44-16-15-42-5;1-7-43-16-17-44-18-19-45-20-21-46-33(40)47-27-11-10-26-22-29-36-12-13-38(42-6,28(23-36)35(5,41)34(2,3)4)32-37(36,30(26)31(27)48-32)14-15-39(29)24-25-8-9-25/h9-10,26,29-30,33,42H,7-8,11-25H2,1-6H3;9-10,25,28-29,33,41H,7-8,11-24H2,1-6H3;10-11,25,28-29,32,41H,7-9,12-24H2,1-6H3/t29-,30-,33-,36+,37-,38+,39-;28-,29-,33-,35+,36-,37+,38-;28-,29-,32-,35+,36-,37+,38-/m111/s1. The molecule has 12 bridgehead atoms. The molecule has 0 unspecified atom stereocenters. The lowest BCUT2D eigenvalue weighted by Gasteiger charge is -2.75. The average Bonchev–Trinajstić information content (AvgIpc) is 1.37. The fourth-order valence-corrected chi connectivity index (χ4v) is 31.7. The summed E-state index contributed by atoms with van der Waals surface area (Å²) in [5.41, 5.74) is 0.374. The molecule has 15 aliphatic carbocycles. The van der Waals surface area contributed by atoms with E-state index in [1.807, 2.05) is 53.0 Å². The lowest BCUT2D eigenvalue weighted by molar-refractivity contribution is -0.312. The Bertz CT molecular complexity index is 4870. The molecular weight excluding hydrogens is 1870 g/mol. The van der Waals surface area contributed by atoms with Crippen LogP contribution in [-0.4, -0.2) is 339 Å². The van der Waals surface area contributed by atoms with E-state index >= 15 is 0 Å². The molecule has 15 fully saturated rings. The highest BCUT2D eigenvalue weighted by Gasteiger charge is 2.87. The number of piperidine rings is 3. The predicted molar refractivity (Wildman–Crippen MR) is 542 cm³/mol. The molecule has 816 valence electrons. The monoisotopic (exact) mass is 2040 g/mol. The van der Waals surface area contributed by atoms with Crippen molar-refractivity contribution in [1.82, 2.24) is 14.7 Å². The zero-order valence-electron chi connectivity index (χ0n) is 90.9. The molecule has 24 rings (SSSR count). The van der Waals surface area contributed by atoms with Gasteiger partial charge in [-0.1, -0.05) is 80.5 Å². The highest BCUT2D eigenvalue weighted by Crippen LogP contribution is 2.83. The molecule has 21 atom stereocenters. The maximum atomic E-state index is 13.1. The van der Waals surface area contributed by atoms with E-state index in [2.05, 4.69) is 95.2 Å². The van der Waals surface area contributed by atoms with Crippen LogP contribution in [-0.2, 0) is 116 Å². The van der Waals surface area contributed by atoms with Crippen LogP contribution in [0.3, 0.4) is 0 Å². The molecule has 6 heterocycles. The quantitative estimate of drug-likeness (QED) is 0.0205. The van der Waals surface area contributed by atoms with Crippen LogP contribution >= 0.6 is 0 Å². The van der Waals surface area contributed by atoms with Gasteiger partial charge >= 0.3 is 18.3 Å². The van der Waals surface area contributed by atoms with Crippen LogP contribution in [0.15, 0.2) is 36.4 Å². The number of hydrogen-bond acceptors (Lipinski definition) is 31. The number of fused-ring (bicyclic) bond motifs is 6. The van der Waals surface area contributed by atoms with Crippen LogP contribution < -0.4 is 28.4 Å². The molecular formula is C115H173N3O28. The summed E-state index contributed by atoms with van der Waals surface area (Å²) in [6, 6.07) is 13.2. The maximum Gasteiger partial charge on any atom is 0.514 e. The van der Waals surface area contributed by atoms with E-state index in [9.17, 15) is 29.7 Å². The van der Waals surface area contributed by atoms with Crippen molar-refractivity contribution in [2.24, 2.45) is 68.0 Å². The van der Waals surface area contributed by atoms with Crippen LogP contribution in [0.1, 0.15) is 239 Å². The molecule has 3 saturated heterocycles. The smallest absolute Gasteiger partial charge is 0.482 e. The number of benzene rings is 3. The van der Waals surface area contributed by atoms with Gasteiger partial charge in [0.15, 0.2) is 34.5 Å². The van der Waals surface area contributed by atoms with E-state index in [0.717, 1.165) is 153 Å². The minimum Gasteiger partial charge on any atom is -0.482 e. The minimum absolute atomic E-state index is 0.0601. The first kappa shape index (κ1) is 109. The van der Waals surface area contributed by atoms with E-state index < -0.39 is 51.9 Å². The molecule has 3 aromatic carbocycles. The van der Waals surface area contributed by atoms with Gasteiger partial charge in [-0.15, -0.1) is 0 Å². The lowest BCUT2D eigenvalue weighted by atomic mass is 9.33. The SMILES string of the molecule is CCOCCOCCOCCOC(=O)Oc1ccc2c3c1O[C@H]1[C@@]4(OC)CC[C@@]5(C[C@@H]4[C@](C)(O)C(C)(C)C)[C@@H](C2)N(CC2CC2)CC[C@]315.COCCOCCOCCOCC(=O)Oc1ccc2c3c1O[C@H]1[C@@]4(OC)CC[C@@]5(C[C@@H]4[C@](C)(O)C(C)(C)C)[C@@H](C2)N(CC2CC2)CC[C@]315.COCCOCCOCCOCCOC(=O)Oc1ccc2c3c1O[C@H]1[C@@]4(OC)CC[C@@]5(C[C@@H]4[C@](C)(O)C(C)(C)C)[C@@H](C2)N(CC2CC2)CC[C@]315. The Kier molecular flexibility index (Phi) is 31.4. The third-order valence-corrected chi connectivity index (χ3v) is 40.5. The molecule has 31 heteroatoms. The second-order valence-electron chi connectivity index (χ2n) is 49.7. The summed E-state index contributed by atoms with van der Waals surface area (Å²) in [5, 5.41) is 37.4. The third kappa shape index (κ3) is 18.3. The number of ether oxygens (including phenoxy) is 22. The molecule has 3 N–H and O–H groups in total. The van der Waals surface area contributed by atoms with E-state index in [4.69, 9.17) is 104 Å². The number of rotatable bonds is 48. The number of aliphatic hydroxyl groups is 3. The number of esters is 1. The van der Waals surface area contributed by atoms with Gasteiger partial charge in [-0.3, -0.25) is 14.7 Å². The van der Waals surface area contributed by atoms with Crippen molar-refractivity contribution in [3.63, 3.8) is 0 Å². The van der Waals surface area contributed by atoms with Gasteiger partial charge in [-0.25, -0.2) is 14.4 Å². The fourth-order valence-electron chi connectivity index (χ4n) is 31.7. The Balaban J connectivity index is 0.000000138. The highest BCUT2D eigenvalue weighted by atomic mass is 16.7.